The smallest absolute Gasteiger partial charge is 0.251 e. The molecule has 0 radical (unpaired) electrons. The maximum Gasteiger partial charge on any atom is 0.251 e. The molecule has 1 saturated carbocycles. The van der Waals surface area contributed by atoms with E-state index < -0.39 is 0 Å². The van der Waals surface area contributed by atoms with E-state index in [4.69, 9.17) is 4.98 Å². The molecular weight excluding hydrogens is 406 g/mol. The van der Waals surface area contributed by atoms with E-state index >= 15 is 0 Å². The summed E-state index contributed by atoms with van der Waals surface area (Å²) in [6.07, 6.45) is 10.2. The van der Waals surface area contributed by atoms with Crippen LogP contribution in [-0.2, 0) is 0 Å². The average molecular weight is 438 g/mol. The summed E-state index contributed by atoms with van der Waals surface area (Å²) in [5.41, 5.74) is 1.77. The van der Waals surface area contributed by atoms with Crippen molar-refractivity contribution in [2.24, 2.45) is 0 Å². The minimum absolute atomic E-state index is 0.0249. The van der Waals surface area contributed by atoms with Gasteiger partial charge in [-0.25, -0.2) is 4.98 Å². The highest BCUT2D eigenvalue weighted by Gasteiger charge is 2.39. The van der Waals surface area contributed by atoms with Gasteiger partial charge in [0.1, 0.15) is 0 Å². The summed E-state index contributed by atoms with van der Waals surface area (Å²) in [5.74, 6) is 0.0249. The topological polar surface area (TPSA) is 53.4 Å². The fourth-order valence-corrected chi connectivity index (χ4v) is 6.04. The normalized spacial score (nSPS) is 20.2. The zero-order valence-corrected chi connectivity index (χ0v) is 19.0. The van der Waals surface area contributed by atoms with E-state index in [1.54, 1.807) is 11.3 Å². The van der Waals surface area contributed by atoms with Gasteiger partial charge in [0.05, 0.1) is 10.2 Å². The molecule has 0 spiro atoms. The third-order valence-electron chi connectivity index (χ3n) is 7.00. The number of hydrogen-bond donors (Lipinski definition) is 1. The van der Waals surface area contributed by atoms with Gasteiger partial charge in [-0.3, -0.25) is 9.69 Å². The maximum absolute atomic E-state index is 13.1. The van der Waals surface area contributed by atoms with Gasteiger partial charge in [0, 0.05) is 56.2 Å². The van der Waals surface area contributed by atoms with E-state index in [0.717, 1.165) is 53.6 Å². The first kappa shape index (κ1) is 20.7. The quantitative estimate of drug-likeness (QED) is 0.660. The summed E-state index contributed by atoms with van der Waals surface area (Å²) in [4.78, 5) is 22.8. The minimum Gasteiger partial charge on any atom is -0.350 e. The maximum atomic E-state index is 13.1. The number of amides is 1. The number of nitrogens with one attached hydrogen (secondary N) is 1. The van der Waals surface area contributed by atoms with Crippen LogP contribution in [0.1, 0.15) is 42.5 Å². The molecular formula is C24H31N5OS. The van der Waals surface area contributed by atoms with Crippen LogP contribution in [0, 0.1) is 0 Å². The third-order valence-corrected chi connectivity index (χ3v) is 8.03. The summed E-state index contributed by atoms with van der Waals surface area (Å²) in [7, 11) is 2.20. The molecule has 1 saturated heterocycles. The van der Waals surface area contributed by atoms with Gasteiger partial charge in [0.25, 0.3) is 5.91 Å². The zero-order chi connectivity index (χ0) is 21.3. The van der Waals surface area contributed by atoms with Crippen molar-refractivity contribution in [3.63, 3.8) is 0 Å². The van der Waals surface area contributed by atoms with E-state index in [-0.39, 0.29) is 11.4 Å². The Labute approximate surface area is 187 Å². The standard InChI is InChI=1S/C24H31N5OS/c1-27-13-15-29(16-14-27)24(9-3-2-4-10-24)18-25-22(30)19-7-8-20-21(17-19)31-23(26-20)28-11-5-6-12-28/h5-8,11-12,17H,2-4,9-10,13-16,18H2,1H3,(H,25,30). The molecule has 7 heteroatoms. The first-order chi connectivity index (χ1) is 15.1. The van der Waals surface area contributed by atoms with Crippen molar-refractivity contribution >= 4 is 27.5 Å². The number of rotatable bonds is 5. The molecule has 1 aliphatic carbocycles. The van der Waals surface area contributed by atoms with Crippen molar-refractivity contribution in [1.29, 1.82) is 0 Å². The summed E-state index contributed by atoms with van der Waals surface area (Å²) >= 11 is 1.61. The van der Waals surface area contributed by atoms with Gasteiger partial charge >= 0.3 is 0 Å². The Morgan fingerprint density at radius 1 is 1.10 bits per heavy atom. The van der Waals surface area contributed by atoms with Crippen molar-refractivity contribution in [1.82, 2.24) is 24.7 Å². The van der Waals surface area contributed by atoms with Crippen LogP contribution in [0.5, 0.6) is 0 Å². The lowest BCUT2D eigenvalue weighted by atomic mass is 9.79. The van der Waals surface area contributed by atoms with Gasteiger partial charge in [0.15, 0.2) is 5.13 Å². The molecule has 2 aromatic heterocycles. The molecule has 0 bridgehead atoms. The van der Waals surface area contributed by atoms with Crippen LogP contribution in [0.2, 0.25) is 0 Å². The van der Waals surface area contributed by atoms with Crippen LogP contribution in [0.15, 0.2) is 42.7 Å². The third kappa shape index (κ3) is 4.27. The highest BCUT2D eigenvalue weighted by Crippen LogP contribution is 2.34. The largest absolute Gasteiger partial charge is 0.350 e. The van der Waals surface area contributed by atoms with Gasteiger partial charge in [-0.1, -0.05) is 30.6 Å². The van der Waals surface area contributed by atoms with Crippen LogP contribution >= 0.6 is 11.3 Å². The summed E-state index contributed by atoms with van der Waals surface area (Å²) in [6, 6.07) is 9.84. The van der Waals surface area contributed by atoms with E-state index in [1.165, 1.54) is 32.1 Å². The second kappa shape index (κ2) is 8.73. The second-order valence-electron chi connectivity index (χ2n) is 9.03. The van der Waals surface area contributed by atoms with Crippen LogP contribution in [0.25, 0.3) is 15.3 Å². The minimum atomic E-state index is 0.0249. The molecule has 1 N–H and O–H groups in total. The molecule has 2 aliphatic rings. The molecule has 1 amide bonds. The van der Waals surface area contributed by atoms with Gasteiger partial charge in [-0.15, -0.1) is 0 Å². The summed E-state index contributed by atoms with van der Waals surface area (Å²) in [6.45, 7) is 5.16. The van der Waals surface area contributed by atoms with Crippen LogP contribution in [0.3, 0.4) is 0 Å². The predicted octanol–water partition coefficient (Wildman–Crippen LogP) is 3.77. The number of carbonyl (C=O) groups is 1. The lowest BCUT2D eigenvalue weighted by Gasteiger charge is -2.49. The molecule has 0 unspecified atom stereocenters. The van der Waals surface area contributed by atoms with E-state index in [9.17, 15) is 4.79 Å². The Kier molecular flexibility index (Phi) is 5.82. The number of carbonyl (C=O) groups excluding carboxylic acids is 1. The number of likely N-dealkylation sites (N-methyl/N-ethyl adjacent to an activating group) is 1. The molecule has 6 nitrogen and oxygen atoms in total. The van der Waals surface area contributed by atoms with Crippen molar-refractivity contribution in [3.8, 4) is 5.13 Å². The Morgan fingerprint density at radius 2 is 1.84 bits per heavy atom. The Morgan fingerprint density at radius 3 is 2.58 bits per heavy atom. The first-order valence-corrected chi connectivity index (χ1v) is 12.2. The number of hydrogen-bond acceptors (Lipinski definition) is 5. The molecule has 3 heterocycles. The number of thiazole rings is 1. The number of benzene rings is 1. The van der Waals surface area contributed by atoms with Crippen molar-refractivity contribution < 1.29 is 4.79 Å². The number of piperazine rings is 1. The van der Waals surface area contributed by atoms with Gasteiger partial charge in [0.2, 0.25) is 0 Å². The Bertz CT molecular complexity index is 1030. The summed E-state index contributed by atoms with van der Waals surface area (Å²) in [5, 5.41) is 4.23. The molecule has 3 aromatic rings. The zero-order valence-electron chi connectivity index (χ0n) is 18.2. The molecule has 5 rings (SSSR count). The fraction of sp³-hybridized carbons (Fsp3) is 0.500. The highest BCUT2D eigenvalue weighted by atomic mass is 32.1. The van der Waals surface area contributed by atoms with E-state index in [0.29, 0.717) is 0 Å². The van der Waals surface area contributed by atoms with E-state index in [2.05, 4.69) is 22.2 Å². The summed E-state index contributed by atoms with van der Waals surface area (Å²) < 4.78 is 3.05. The predicted molar refractivity (Wildman–Crippen MR) is 126 cm³/mol. The second-order valence-corrected chi connectivity index (χ2v) is 10.0. The van der Waals surface area contributed by atoms with Crippen molar-refractivity contribution in [2.75, 3.05) is 39.8 Å². The average Bonchev–Trinajstić information content (AvgIpc) is 3.48. The number of fused-ring (bicyclic) bond motifs is 1. The Hall–Kier alpha value is -2.22. The monoisotopic (exact) mass is 437 g/mol. The molecule has 1 aromatic carbocycles. The van der Waals surface area contributed by atoms with Crippen LogP contribution in [-0.4, -0.2) is 70.6 Å². The molecule has 1 aliphatic heterocycles. The fourth-order valence-electron chi connectivity index (χ4n) is 5.07. The number of aromatic nitrogens is 2. The molecule has 164 valence electrons. The van der Waals surface area contributed by atoms with Crippen molar-refractivity contribution in [3.05, 3.63) is 48.3 Å². The van der Waals surface area contributed by atoms with Crippen LogP contribution < -0.4 is 5.32 Å². The van der Waals surface area contributed by atoms with Crippen LogP contribution in [0.4, 0.5) is 0 Å². The Balaban J connectivity index is 1.31. The van der Waals surface area contributed by atoms with Gasteiger partial charge in [-0.2, -0.15) is 0 Å². The lowest BCUT2D eigenvalue weighted by Crippen LogP contribution is -2.61. The molecule has 0 atom stereocenters. The lowest BCUT2D eigenvalue weighted by molar-refractivity contribution is 0.0138. The highest BCUT2D eigenvalue weighted by molar-refractivity contribution is 7.20. The first-order valence-electron chi connectivity index (χ1n) is 11.4. The SMILES string of the molecule is CN1CCN(C2(CNC(=O)c3ccc4nc(-n5cccc5)sc4c3)CCCCC2)CC1. The number of nitrogens with zero attached hydrogens (tertiary/aromatic N) is 4. The van der Waals surface area contributed by atoms with E-state index in [1.807, 2.05) is 47.3 Å². The van der Waals surface area contributed by atoms with Gasteiger partial charge in [-0.05, 0) is 50.2 Å². The molecule has 2 fully saturated rings. The van der Waals surface area contributed by atoms with Gasteiger partial charge < -0.3 is 14.8 Å². The molecule has 31 heavy (non-hydrogen) atoms. The van der Waals surface area contributed by atoms with Crippen molar-refractivity contribution in [2.45, 2.75) is 37.6 Å².